The SMILES string of the molecule is c1ccc2c(c1)ccc1c3c(ccc12)C1CCC31. The molecule has 0 heterocycles. The van der Waals surface area contributed by atoms with E-state index in [0.29, 0.717) is 0 Å². The average molecular weight is 230 g/mol. The summed E-state index contributed by atoms with van der Waals surface area (Å²) in [6.07, 6.45) is 2.82. The fourth-order valence-corrected chi connectivity index (χ4v) is 3.99. The van der Waals surface area contributed by atoms with E-state index in [-0.39, 0.29) is 0 Å². The van der Waals surface area contributed by atoms with Crippen molar-refractivity contribution < 1.29 is 0 Å². The molecule has 0 heteroatoms. The van der Waals surface area contributed by atoms with E-state index in [0.717, 1.165) is 11.8 Å². The fraction of sp³-hybridized carbons (Fsp3) is 0.222. The van der Waals surface area contributed by atoms with Crippen molar-refractivity contribution in [2.75, 3.05) is 0 Å². The second-order valence-corrected chi connectivity index (χ2v) is 5.74. The van der Waals surface area contributed by atoms with E-state index < -0.39 is 0 Å². The Morgan fingerprint density at radius 1 is 0.667 bits per heavy atom. The molecule has 3 aromatic rings. The van der Waals surface area contributed by atoms with E-state index in [1.54, 1.807) is 11.1 Å². The van der Waals surface area contributed by atoms with Crippen LogP contribution in [0.4, 0.5) is 0 Å². The van der Waals surface area contributed by atoms with Crippen molar-refractivity contribution in [1.29, 1.82) is 0 Å². The number of benzene rings is 3. The molecule has 86 valence electrons. The van der Waals surface area contributed by atoms with Gasteiger partial charge < -0.3 is 0 Å². The molecular formula is C18H14. The van der Waals surface area contributed by atoms with Gasteiger partial charge in [0.25, 0.3) is 0 Å². The molecule has 0 radical (unpaired) electrons. The normalized spacial score (nSPS) is 24.2. The average Bonchev–Trinajstić information content (AvgIpc) is 2.39. The summed E-state index contributed by atoms with van der Waals surface area (Å²) >= 11 is 0. The first-order chi connectivity index (χ1) is 8.93. The highest BCUT2D eigenvalue weighted by Crippen LogP contribution is 2.61. The number of hydrogen-bond donors (Lipinski definition) is 0. The molecule has 5 rings (SSSR count). The van der Waals surface area contributed by atoms with Crippen LogP contribution >= 0.6 is 0 Å². The molecule has 2 unspecified atom stereocenters. The first-order valence-corrected chi connectivity index (χ1v) is 6.88. The van der Waals surface area contributed by atoms with Crippen LogP contribution in [0.2, 0.25) is 0 Å². The van der Waals surface area contributed by atoms with Gasteiger partial charge in [-0.2, -0.15) is 0 Å². The van der Waals surface area contributed by atoms with Gasteiger partial charge in [0, 0.05) is 0 Å². The Balaban J connectivity index is 1.96. The second-order valence-electron chi connectivity index (χ2n) is 5.74. The fourth-order valence-electron chi connectivity index (χ4n) is 3.99. The molecular weight excluding hydrogens is 216 g/mol. The van der Waals surface area contributed by atoms with E-state index in [9.17, 15) is 0 Å². The van der Waals surface area contributed by atoms with E-state index >= 15 is 0 Å². The number of rotatable bonds is 0. The molecule has 0 bridgehead atoms. The van der Waals surface area contributed by atoms with Crippen LogP contribution in [0.25, 0.3) is 21.5 Å². The van der Waals surface area contributed by atoms with Crippen molar-refractivity contribution in [2.45, 2.75) is 24.7 Å². The van der Waals surface area contributed by atoms with Crippen molar-refractivity contribution in [1.82, 2.24) is 0 Å². The summed E-state index contributed by atoms with van der Waals surface area (Å²) in [5.41, 5.74) is 3.29. The lowest BCUT2D eigenvalue weighted by Gasteiger charge is -2.49. The summed E-state index contributed by atoms with van der Waals surface area (Å²) in [7, 11) is 0. The summed E-state index contributed by atoms with van der Waals surface area (Å²) in [6.45, 7) is 0. The third-order valence-electron chi connectivity index (χ3n) is 5.05. The molecule has 3 aromatic carbocycles. The van der Waals surface area contributed by atoms with Crippen molar-refractivity contribution in [3.63, 3.8) is 0 Å². The highest BCUT2D eigenvalue weighted by atomic mass is 14.5. The van der Waals surface area contributed by atoms with Gasteiger partial charge in [-0.3, -0.25) is 0 Å². The van der Waals surface area contributed by atoms with Crippen LogP contribution in [0, 0.1) is 0 Å². The van der Waals surface area contributed by atoms with Crippen molar-refractivity contribution in [2.24, 2.45) is 0 Å². The third-order valence-corrected chi connectivity index (χ3v) is 5.05. The van der Waals surface area contributed by atoms with Crippen LogP contribution in [0.3, 0.4) is 0 Å². The Morgan fingerprint density at radius 2 is 1.50 bits per heavy atom. The molecule has 0 spiro atoms. The molecule has 1 fully saturated rings. The van der Waals surface area contributed by atoms with Crippen LogP contribution in [0.5, 0.6) is 0 Å². The van der Waals surface area contributed by atoms with Gasteiger partial charge in [-0.15, -0.1) is 0 Å². The van der Waals surface area contributed by atoms with Gasteiger partial charge in [-0.05, 0) is 57.3 Å². The quantitative estimate of drug-likeness (QED) is 0.478. The predicted octanol–water partition coefficient (Wildman–Crippen LogP) is 4.97. The lowest BCUT2D eigenvalue weighted by Crippen LogP contribution is -2.32. The molecule has 0 N–H and O–H groups in total. The summed E-state index contributed by atoms with van der Waals surface area (Å²) in [4.78, 5) is 0. The lowest BCUT2D eigenvalue weighted by atomic mass is 9.55. The first-order valence-electron chi connectivity index (χ1n) is 6.88. The zero-order chi connectivity index (χ0) is 11.7. The van der Waals surface area contributed by atoms with Crippen molar-refractivity contribution in [3.05, 3.63) is 59.7 Å². The largest absolute Gasteiger partial charge is 0.0616 e. The molecule has 2 atom stereocenters. The third kappa shape index (κ3) is 0.905. The number of fused-ring (bicyclic) bond motifs is 8. The van der Waals surface area contributed by atoms with Crippen LogP contribution in [0.15, 0.2) is 48.5 Å². The second kappa shape index (κ2) is 2.95. The van der Waals surface area contributed by atoms with Gasteiger partial charge in [0.1, 0.15) is 0 Å². The Morgan fingerprint density at radius 3 is 2.39 bits per heavy atom. The Hall–Kier alpha value is -1.82. The predicted molar refractivity (Wildman–Crippen MR) is 76.2 cm³/mol. The minimum Gasteiger partial charge on any atom is -0.0616 e. The maximum absolute atomic E-state index is 2.38. The van der Waals surface area contributed by atoms with E-state index in [1.165, 1.54) is 34.4 Å². The van der Waals surface area contributed by atoms with Crippen LogP contribution < -0.4 is 0 Å². The maximum atomic E-state index is 2.38. The summed E-state index contributed by atoms with van der Waals surface area (Å²) < 4.78 is 0. The molecule has 0 aliphatic heterocycles. The Bertz CT molecular complexity index is 798. The molecule has 0 amide bonds. The van der Waals surface area contributed by atoms with Crippen LogP contribution in [-0.4, -0.2) is 0 Å². The highest BCUT2D eigenvalue weighted by molar-refractivity contribution is 6.09. The van der Waals surface area contributed by atoms with E-state index in [4.69, 9.17) is 0 Å². The Kier molecular flexibility index (Phi) is 1.50. The van der Waals surface area contributed by atoms with Gasteiger partial charge >= 0.3 is 0 Å². The standard InChI is InChI=1S/C18H14/c1-2-4-12-11(3-1)5-6-15-13(12)7-9-16-14-8-10-17(14)18(15)16/h1-7,9,14,17H,8,10H2. The molecule has 2 aliphatic carbocycles. The molecule has 0 nitrogen and oxygen atoms in total. The molecule has 18 heavy (non-hydrogen) atoms. The first kappa shape index (κ1) is 9.16. The van der Waals surface area contributed by atoms with Crippen LogP contribution in [-0.2, 0) is 0 Å². The summed E-state index contributed by atoms with van der Waals surface area (Å²) in [5, 5.41) is 5.71. The smallest absolute Gasteiger partial charge is 0.00838 e. The Labute approximate surface area is 106 Å². The lowest BCUT2D eigenvalue weighted by molar-refractivity contribution is 0.297. The highest BCUT2D eigenvalue weighted by Gasteiger charge is 2.44. The monoisotopic (exact) mass is 230 g/mol. The molecule has 2 aliphatic rings. The molecule has 0 saturated heterocycles. The van der Waals surface area contributed by atoms with Crippen molar-refractivity contribution in [3.8, 4) is 0 Å². The van der Waals surface area contributed by atoms with Gasteiger partial charge in [0.05, 0.1) is 0 Å². The zero-order valence-corrected chi connectivity index (χ0v) is 10.2. The van der Waals surface area contributed by atoms with E-state index in [1.807, 2.05) is 0 Å². The minimum absolute atomic E-state index is 0.880. The van der Waals surface area contributed by atoms with Gasteiger partial charge in [-0.1, -0.05) is 48.5 Å². The zero-order valence-electron chi connectivity index (χ0n) is 10.2. The minimum atomic E-state index is 0.880. The van der Waals surface area contributed by atoms with Gasteiger partial charge in [0.2, 0.25) is 0 Å². The van der Waals surface area contributed by atoms with Gasteiger partial charge in [0.15, 0.2) is 0 Å². The van der Waals surface area contributed by atoms with Gasteiger partial charge in [-0.25, -0.2) is 0 Å². The number of hydrogen-bond acceptors (Lipinski definition) is 0. The maximum Gasteiger partial charge on any atom is -0.00838 e. The molecule has 0 aromatic heterocycles. The topological polar surface area (TPSA) is 0 Å². The summed E-state index contributed by atoms with van der Waals surface area (Å²) in [5.74, 6) is 1.78. The van der Waals surface area contributed by atoms with Crippen molar-refractivity contribution >= 4 is 21.5 Å². The van der Waals surface area contributed by atoms with Crippen LogP contribution in [0.1, 0.15) is 35.8 Å². The van der Waals surface area contributed by atoms with E-state index in [2.05, 4.69) is 48.5 Å². The molecule has 1 saturated carbocycles. The summed E-state index contributed by atoms with van der Waals surface area (Å²) in [6, 6.07) is 18.1.